The van der Waals surface area contributed by atoms with Crippen LogP contribution in [0.2, 0.25) is 0 Å². The van der Waals surface area contributed by atoms with Crippen molar-refractivity contribution in [3.63, 3.8) is 0 Å². The monoisotopic (exact) mass is 495 g/mol. The van der Waals surface area contributed by atoms with Crippen molar-refractivity contribution in [3.8, 4) is 11.5 Å². The lowest BCUT2D eigenvalue weighted by Gasteiger charge is -2.44. The Labute approximate surface area is 202 Å². The first kappa shape index (κ1) is 27.6. The Hall–Kier alpha value is -3.67. The zero-order chi connectivity index (χ0) is 26.3. The zero-order valence-corrected chi connectivity index (χ0v) is 20.3. The molecule has 0 saturated carbocycles. The fourth-order valence-electron chi connectivity index (χ4n) is 3.50. The van der Waals surface area contributed by atoms with Crippen molar-refractivity contribution in [2.75, 3.05) is 13.7 Å². The van der Waals surface area contributed by atoms with Crippen LogP contribution in [0.25, 0.3) is 0 Å². The molecule has 0 unspecified atom stereocenters. The highest BCUT2D eigenvalue weighted by Gasteiger charge is 2.52. The van der Waals surface area contributed by atoms with Gasteiger partial charge >= 0.3 is 17.9 Å². The van der Waals surface area contributed by atoms with Crippen molar-refractivity contribution in [3.05, 3.63) is 23.8 Å². The molecule has 35 heavy (non-hydrogen) atoms. The maximum atomic E-state index is 12.0. The van der Waals surface area contributed by atoms with E-state index in [0.29, 0.717) is 5.56 Å². The van der Waals surface area contributed by atoms with Crippen LogP contribution in [0.5, 0.6) is 11.5 Å². The molecule has 1 N–H and O–H groups in total. The van der Waals surface area contributed by atoms with Gasteiger partial charge in [-0.25, -0.2) is 0 Å². The number of ketones is 1. The summed E-state index contributed by atoms with van der Waals surface area (Å²) in [7, 11) is 1.38. The van der Waals surface area contributed by atoms with Gasteiger partial charge in [-0.15, -0.1) is 0 Å². The average Bonchev–Trinajstić information content (AvgIpc) is 2.75. The number of amides is 1. The summed E-state index contributed by atoms with van der Waals surface area (Å²) in [5.41, 5.74) is 0.373. The molecule has 0 bridgehead atoms. The number of ether oxygens (including phenoxy) is 6. The number of rotatable bonds is 9. The molecule has 5 atom stereocenters. The molecule has 0 aliphatic carbocycles. The third kappa shape index (κ3) is 7.67. The number of carbonyl (C=O) groups excluding carboxylic acids is 5. The molecule has 1 aliphatic heterocycles. The van der Waals surface area contributed by atoms with Crippen LogP contribution in [0, 0.1) is 0 Å². The Morgan fingerprint density at radius 2 is 1.51 bits per heavy atom. The molecule has 1 amide bonds. The fraction of sp³-hybridized carbons (Fsp3) is 0.522. The minimum absolute atomic E-state index is 0.150. The van der Waals surface area contributed by atoms with E-state index in [2.05, 4.69) is 5.32 Å². The Morgan fingerprint density at radius 3 is 2.03 bits per heavy atom. The Morgan fingerprint density at radius 1 is 0.886 bits per heavy atom. The van der Waals surface area contributed by atoms with Crippen LogP contribution in [0.4, 0.5) is 0 Å². The number of Topliss-reactive ketones (excluding diaryl/α,β-unsaturated/α-hetero) is 1. The molecule has 2 rings (SSSR count). The molecule has 1 aromatic rings. The van der Waals surface area contributed by atoms with Crippen molar-refractivity contribution in [2.24, 2.45) is 0 Å². The average molecular weight is 495 g/mol. The Kier molecular flexibility index (Phi) is 9.58. The molecule has 1 saturated heterocycles. The van der Waals surface area contributed by atoms with Gasteiger partial charge in [0, 0.05) is 33.3 Å². The van der Waals surface area contributed by atoms with Crippen LogP contribution in [0.1, 0.15) is 45.0 Å². The third-order valence-electron chi connectivity index (χ3n) is 4.88. The van der Waals surface area contributed by atoms with Crippen molar-refractivity contribution in [1.29, 1.82) is 0 Å². The van der Waals surface area contributed by atoms with Crippen LogP contribution in [0.3, 0.4) is 0 Å². The summed E-state index contributed by atoms with van der Waals surface area (Å²) in [5.74, 6) is -2.42. The molecular formula is C23H29NO11. The lowest BCUT2D eigenvalue weighted by atomic mass is 9.96. The van der Waals surface area contributed by atoms with E-state index >= 15 is 0 Å². The Bertz CT molecular complexity index is 976. The summed E-state index contributed by atoms with van der Waals surface area (Å²) >= 11 is 0. The SMILES string of the molecule is COc1cc(C(C)=O)ccc1O[C@@H]1O[C@H](COC(C)=O)[C@H](OC(C)=O)[C@@H](OC(C)=O)[C@@H]1NC(C)=O. The van der Waals surface area contributed by atoms with Crippen LogP contribution in [0.15, 0.2) is 18.2 Å². The van der Waals surface area contributed by atoms with E-state index in [1.807, 2.05) is 0 Å². The van der Waals surface area contributed by atoms with Gasteiger partial charge in [-0.1, -0.05) is 0 Å². The van der Waals surface area contributed by atoms with Crippen LogP contribution >= 0.6 is 0 Å². The molecule has 0 aromatic heterocycles. The smallest absolute Gasteiger partial charge is 0.303 e. The van der Waals surface area contributed by atoms with Crippen molar-refractivity contribution < 1.29 is 52.4 Å². The predicted molar refractivity (Wildman–Crippen MR) is 118 cm³/mol. The van der Waals surface area contributed by atoms with Gasteiger partial charge in [0.15, 0.2) is 29.5 Å². The van der Waals surface area contributed by atoms with Crippen LogP contribution < -0.4 is 14.8 Å². The van der Waals surface area contributed by atoms with Gasteiger partial charge in [0.1, 0.15) is 18.8 Å². The number of benzene rings is 1. The van der Waals surface area contributed by atoms with Crippen LogP contribution in [-0.2, 0) is 38.1 Å². The van der Waals surface area contributed by atoms with Crippen molar-refractivity contribution in [1.82, 2.24) is 5.32 Å². The topological polar surface area (TPSA) is 153 Å². The molecule has 192 valence electrons. The van der Waals surface area contributed by atoms with E-state index in [9.17, 15) is 24.0 Å². The van der Waals surface area contributed by atoms with Crippen LogP contribution in [-0.4, -0.2) is 74.0 Å². The molecule has 1 heterocycles. The van der Waals surface area contributed by atoms with Gasteiger partial charge in [-0.3, -0.25) is 24.0 Å². The molecule has 1 aromatic carbocycles. The summed E-state index contributed by atoms with van der Waals surface area (Å²) in [4.78, 5) is 58.9. The fourth-order valence-corrected chi connectivity index (χ4v) is 3.50. The number of esters is 3. The third-order valence-corrected chi connectivity index (χ3v) is 4.88. The van der Waals surface area contributed by atoms with E-state index in [-0.39, 0.29) is 23.9 Å². The first-order chi connectivity index (χ1) is 16.4. The lowest BCUT2D eigenvalue weighted by molar-refractivity contribution is -0.257. The van der Waals surface area contributed by atoms with E-state index < -0.39 is 54.5 Å². The standard InChI is InChI=1S/C23H29NO11/c1-11(25)16-7-8-17(18(9-16)30-6)34-23-20(24-12(2)26)22(33-15(5)29)21(32-14(4)28)19(35-23)10-31-13(3)27/h7-9,19-23H,10H2,1-6H3,(H,24,26)/t19-,20+,21+,22+,23-/m1/s1. The summed E-state index contributed by atoms with van der Waals surface area (Å²) in [5, 5.41) is 2.60. The highest BCUT2D eigenvalue weighted by Crippen LogP contribution is 2.33. The maximum absolute atomic E-state index is 12.0. The first-order valence-corrected chi connectivity index (χ1v) is 10.7. The van der Waals surface area contributed by atoms with Gasteiger partial charge in [0.2, 0.25) is 12.2 Å². The quantitative estimate of drug-likeness (QED) is 0.296. The predicted octanol–water partition coefficient (Wildman–Crippen LogP) is 0.933. The summed E-state index contributed by atoms with van der Waals surface area (Å²) in [6, 6.07) is 3.31. The lowest BCUT2D eigenvalue weighted by Crippen LogP contribution is -2.67. The van der Waals surface area contributed by atoms with Gasteiger partial charge in [-0.2, -0.15) is 0 Å². The molecule has 12 heteroatoms. The number of hydrogen-bond donors (Lipinski definition) is 1. The minimum atomic E-state index is -1.31. The molecule has 0 spiro atoms. The number of nitrogens with one attached hydrogen (secondary N) is 1. The molecule has 1 aliphatic rings. The Balaban J connectivity index is 2.52. The number of carbonyl (C=O) groups is 5. The molecular weight excluding hydrogens is 466 g/mol. The maximum Gasteiger partial charge on any atom is 0.303 e. The summed E-state index contributed by atoms with van der Waals surface area (Å²) in [6.07, 6.45) is -4.94. The van der Waals surface area contributed by atoms with Gasteiger partial charge in [-0.05, 0) is 25.1 Å². The highest BCUT2D eigenvalue weighted by atomic mass is 16.7. The zero-order valence-electron chi connectivity index (χ0n) is 20.3. The molecule has 12 nitrogen and oxygen atoms in total. The number of methoxy groups -OCH3 is 1. The normalized spacial score (nSPS) is 23.4. The van der Waals surface area contributed by atoms with Gasteiger partial charge in [0.05, 0.1) is 7.11 Å². The summed E-state index contributed by atoms with van der Waals surface area (Å²) in [6.45, 7) is 5.73. The van der Waals surface area contributed by atoms with E-state index in [4.69, 9.17) is 28.4 Å². The minimum Gasteiger partial charge on any atom is -0.493 e. The second-order valence-electron chi connectivity index (χ2n) is 7.76. The van der Waals surface area contributed by atoms with E-state index in [1.165, 1.54) is 46.1 Å². The van der Waals surface area contributed by atoms with E-state index in [0.717, 1.165) is 13.8 Å². The second-order valence-corrected chi connectivity index (χ2v) is 7.76. The van der Waals surface area contributed by atoms with Crippen molar-refractivity contribution in [2.45, 2.75) is 65.3 Å². The number of hydrogen-bond acceptors (Lipinski definition) is 11. The van der Waals surface area contributed by atoms with Crippen molar-refractivity contribution >= 4 is 29.6 Å². The first-order valence-electron chi connectivity index (χ1n) is 10.7. The van der Waals surface area contributed by atoms with Gasteiger partial charge < -0.3 is 33.7 Å². The highest BCUT2D eigenvalue weighted by molar-refractivity contribution is 5.94. The molecule has 0 radical (unpaired) electrons. The second kappa shape index (κ2) is 12.2. The van der Waals surface area contributed by atoms with E-state index in [1.54, 1.807) is 0 Å². The largest absolute Gasteiger partial charge is 0.493 e. The van der Waals surface area contributed by atoms with Gasteiger partial charge in [0.25, 0.3) is 0 Å². The summed E-state index contributed by atoms with van der Waals surface area (Å²) < 4.78 is 33.1. The molecule has 1 fully saturated rings.